The molecular weight excluding hydrogens is 822 g/mol. The number of nitrogens with one attached hydrogen (secondary N) is 4. The van der Waals surface area contributed by atoms with Gasteiger partial charge >= 0.3 is 5.97 Å². The number of fused-ring (bicyclic) bond motifs is 4. The van der Waals surface area contributed by atoms with E-state index >= 15 is 0 Å². The van der Waals surface area contributed by atoms with Crippen LogP contribution in [0.4, 0.5) is 0 Å². The number of aldehydes is 1. The molecule has 11 aromatic heterocycles. The molecule has 11 rings (SSSR count). The van der Waals surface area contributed by atoms with Gasteiger partial charge in [-0.05, 0) is 36.4 Å². The van der Waals surface area contributed by atoms with Gasteiger partial charge in [-0.15, -0.1) is 0 Å². The molecule has 0 aliphatic rings. The zero-order valence-electron chi connectivity index (χ0n) is 32.3. The van der Waals surface area contributed by atoms with Crippen LogP contribution in [0.5, 0.6) is 0 Å². The average molecular weight is 852 g/mol. The number of carbonyl (C=O) groups excluding carboxylic acids is 2. The standard InChI is InChI=1S/C13H12N4O2.C11H7N3O3.C11H7N3O2.C6H4ClN3/c1-17(2)13(18)10-5-8(6-19-10)11-9-3-4-14-12(9)16-7-15-11;15-11(16)8-3-6(4-17-8)9-7-1-2-12-10(7)14-5-13-9;15-4-8-3-7(5-16-8)10-9-1-2-12-11(9)14-6-13-10;7-5-4-1-2-8-6(4)10-3-9-5/h3-7H,1-2H3,(H,14,15,16);1-5H,(H,15,16)(H,12,13,14);1-6H,(H,12,13,14);1-3H,(H,8,9,10). The Hall–Kier alpha value is -8.78. The number of hydrogen-bond acceptors (Lipinski definition) is 14. The van der Waals surface area contributed by atoms with Gasteiger partial charge < -0.3 is 43.2 Å². The summed E-state index contributed by atoms with van der Waals surface area (Å²) in [7, 11) is 3.36. The maximum atomic E-state index is 11.8. The molecule has 308 valence electrons. The fourth-order valence-corrected chi connectivity index (χ4v) is 6.25. The first-order valence-electron chi connectivity index (χ1n) is 18.1. The number of nitrogens with zero attached hydrogens (tertiary/aromatic N) is 9. The molecule has 5 N–H and O–H groups in total. The molecule has 20 nitrogen and oxygen atoms in total. The number of H-pyrrole nitrogens is 4. The monoisotopic (exact) mass is 851 g/mol. The molecule has 0 unspecified atom stereocenters. The number of aromatic nitrogens is 12. The van der Waals surface area contributed by atoms with E-state index in [9.17, 15) is 14.4 Å². The molecule has 0 fully saturated rings. The molecule has 0 aromatic carbocycles. The summed E-state index contributed by atoms with van der Waals surface area (Å²) in [5, 5.41) is 12.8. The number of halogens is 1. The number of carboxylic acid groups (broad SMARTS) is 1. The second kappa shape index (κ2) is 17.6. The Kier molecular flexibility index (Phi) is 11.4. The highest BCUT2D eigenvalue weighted by molar-refractivity contribution is 6.33. The molecule has 0 spiro atoms. The summed E-state index contributed by atoms with van der Waals surface area (Å²) in [5.74, 6) is -0.803. The molecule has 0 atom stereocenters. The van der Waals surface area contributed by atoms with Gasteiger partial charge in [0.1, 0.15) is 71.8 Å². The van der Waals surface area contributed by atoms with Crippen molar-refractivity contribution in [3.63, 3.8) is 0 Å². The number of rotatable bonds is 6. The molecule has 1 amide bonds. The van der Waals surface area contributed by atoms with Crippen LogP contribution in [0.15, 0.2) is 125 Å². The molecule has 0 saturated heterocycles. The van der Waals surface area contributed by atoms with Gasteiger partial charge in [-0.3, -0.25) is 9.59 Å². The topological polar surface area (TPSA) is 280 Å². The van der Waals surface area contributed by atoms with Crippen molar-refractivity contribution in [2.75, 3.05) is 14.1 Å². The minimum absolute atomic E-state index is 0.109. The number of aromatic carboxylic acids is 1. The third-order valence-electron chi connectivity index (χ3n) is 8.95. The summed E-state index contributed by atoms with van der Waals surface area (Å²) < 4.78 is 15.3. The molecule has 11 heterocycles. The van der Waals surface area contributed by atoms with Crippen LogP contribution in [0.1, 0.15) is 31.7 Å². The van der Waals surface area contributed by atoms with Gasteiger partial charge in [0, 0.05) is 77.8 Å². The molecule has 0 aliphatic carbocycles. The number of amides is 1. The van der Waals surface area contributed by atoms with Gasteiger partial charge in [-0.1, -0.05) is 11.6 Å². The van der Waals surface area contributed by atoms with Crippen molar-refractivity contribution < 1.29 is 32.7 Å². The van der Waals surface area contributed by atoms with Gasteiger partial charge in [-0.2, -0.15) is 0 Å². The van der Waals surface area contributed by atoms with Crippen molar-refractivity contribution in [2.24, 2.45) is 0 Å². The number of furan rings is 3. The van der Waals surface area contributed by atoms with Crippen molar-refractivity contribution in [3.05, 3.63) is 134 Å². The van der Waals surface area contributed by atoms with Crippen molar-refractivity contribution in [3.8, 4) is 33.8 Å². The van der Waals surface area contributed by atoms with Crippen molar-refractivity contribution in [1.82, 2.24) is 64.7 Å². The molecule has 21 heteroatoms. The van der Waals surface area contributed by atoms with Crippen molar-refractivity contribution >= 4 is 73.9 Å². The van der Waals surface area contributed by atoms with Crippen LogP contribution < -0.4 is 0 Å². The Labute approximate surface area is 352 Å². The van der Waals surface area contributed by atoms with E-state index in [2.05, 4.69) is 59.8 Å². The van der Waals surface area contributed by atoms with Gasteiger partial charge in [0.25, 0.3) is 5.91 Å². The quantitative estimate of drug-likeness (QED) is 0.0801. The minimum Gasteiger partial charge on any atom is -0.475 e. The van der Waals surface area contributed by atoms with Crippen LogP contribution in [0, 0.1) is 0 Å². The van der Waals surface area contributed by atoms with E-state index in [-0.39, 0.29) is 17.4 Å². The Bertz CT molecular complexity index is 3320. The van der Waals surface area contributed by atoms with Gasteiger partial charge in [0.05, 0.1) is 22.5 Å². The Morgan fingerprint density at radius 3 is 1.40 bits per heavy atom. The second-order valence-corrected chi connectivity index (χ2v) is 13.4. The summed E-state index contributed by atoms with van der Waals surface area (Å²) in [4.78, 5) is 79.0. The molecule has 0 saturated carbocycles. The third-order valence-corrected chi connectivity index (χ3v) is 9.25. The first kappa shape index (κ1) is 40.0. The van der Waals surface area contributed by atoms with Crippen LogP contribution in [0.25, 0.3) is 77.9 Å². The number of carboxylic acids is 1. The van der Waals surface area contributed by atoms with E-state index in [1.54, 1.807) is 51.0 Å². The van der Waals surface area contributed by atoms with E-state index in [4.69, 9.17) is 30.0 Å². The third kappa shape index (κ3) is 8.37. The van der Waals surface area contributed by atoms with Crippen LogP contribution in [0.3, 0.4) is 0 Å². The van der Waals surface area contributed by atoms with Gasteiger partial charge in [-0.25, -0.2) is 44.7 Å². The summed E-state index contributed by atoms with van der Waals surface area (Å²) in [6.45, 7) is 0. The molecule has 0 bridgehead atoms. The highest BCUT2D eigenvalue weighted by Crippen LogP contribution is 2.29. The number of aromatic amines is 4. The molecule has 0 aliphatic heterocycles. The summed E-state index contributed by atoms with van der Waals surface area (Å²) in [6, 6.07) is 12.2. The molecule has 11 aromatic rings. The van der Waals surface area contributed by atoms with Crippen LogP contribution in [0.2, 0.25) is 5.15 Å². The van der Waals surface area contributed by atoms with Crippen LogP contribution in [-0.4, -0.2) is 102 Å². The lowest BCUT2D eigenvalue weighted by Crippen LogP contribution is -2.20. The lowest BCUT2D eigenvalue weighted by atomic mass is 10.1. The SMILES string of the molecule is CN(C)C(=O)c1cc(-c2ncnc3[nH]ccc23)co1.Clc1ncnc2[nH]ccc12.O=C(O)c1cc(-c2ncnc3[nH]ccc23)co1.O=Cc1cc(-c2ncnc3[nH]ccc23)co1. The summed E-state index contributed by atoms with van der Waals surface area (Å²) >= 11 is 5.73. The highest BCUT2D eigenvalue weighted by atomic mass is 35.5. The van der Waals surface area contributed by atoms with Crippen molar-refractivity contribution in [1.29, 1.82) is 0 Å². The van der Waals surface area contributed by atoms with Crippen molar-refractivity contribution in [2.45, 2.75) is 0 Å². The fraction of sp³-hybridized carbons (Fsp3) is 0.0488. The largest absolute Gasteiger partial charge is 0.475 e. The second-order valence-electron chi connectivity index (χ2n) is 13.1. The first-order chi connectivity index (χ1) is 30.2. The normalized spacial score (nSPS) is 10.8. The zero-order valence-corrected chi connectivity index (χ0v) is 33.0. The highest BCUT2D eigenvalue weighted by Gasteiger charge is 2.17. The van der Waals surface area contributed by atoms with E-state index < -0.39 is 5.97 Å². The maximum Gasteiger partial charge on any atom is 0.371 e. The smallest absolute Gasteiger partial charge is 0.371 e. The van der Waals surface area contributed by atoms with E-state index in [0.717, 1.165) is 61.0 Å². The zero-order chi connectivity index (χ0) is 43.2. The molecule has 0 radical (unpaired) electrons. The predicted octanol–water partition coefficient (Wildman–Crippen LogP) is 7.48. The average Bonchev–Trinajstić information content (AvgIpc) is 4.15. The Balaban J connectivity index is 0.000000116. The lowest BCUT2D eigenvalue weighted by molar-refractivity contribution is 0.0661. The number of hydrogen-bond donors (Lipinski definition) is 5. The van der Waals surface area contributed by atoms with E-state index in [0.29, 0.717) is 34.1 Å². The summed E-state index contributed by atoms with van der Waals surface area (Å²) in [5.41, 5.74) is 7.29. The fourth-order valence-electron chi connectivity index (χ4n) is 6.05. The first-order valence-corrected chi connectivity index (χ1v) is 18.5. The Morgan fingerprint density at radius 1 is 0.581 bits per heavy atom. The minimum atomic E-state index is -1.10. The van der Waals surface area contributed by atoms with Crippen LogP contribution >= 0.6 is 11.6 Å². The summed E-state index contributed by atoms with van der Waals surface area (Å²) in [6.07, 6.45) is 18.0. The molecular formula is C41H30ClN13O7. The number of carbonyl (C=O) groups is 3. The van der Waals surface area contributed by atoms with E-state index in [1.165, 1.54) is 55.1 Å². The lowest BCUT2D eigenvalue weighted by Gasteiger charge is -2.06. The van der Waals surface area contributed by atoms with Gasteiger partial charge in [0.2, 0.25) is 5.76 Å². The predicted molar refractivity (Wildman–Crippen MR) is 224 cm³/mol. The van der Waals surface area contributed by atoms with Gasteiger partial charge in [0.15, 0.2) is 17.8 Å². The molecule has 62 heavy (non-hydrogen) atoms. The Morgan fingerprint density at radius 2 is 0.984 bits per heavy atom. The maximum absolute atomic E-state index is 11.8. The van der Waals surface area contributed by atoms with E-state index in [1.807, 2.05) is 24.3 Å². The van der Waals surface area contributed by atoms with Crippen LogP contribution in [-0.2, 0) is 0 Å².